The fraction of sp³-hybridized carbons (Fsp3) is 0.933. The van der Waals surface area contributed by atoms with Gasteiger partial charge in [-0.2, -0.15) is 0 Å². The summed E-state index contributed by atoms with van der Waals surface area (Å²) >= 11 is 0. The van der Waals surface area contributed by atoms with Crippen molar-refractivity contribution in [1.29, 1.82) is 0 Å². The molecular weight excluding hydrogens is 242 g/mol. The van der Waals surface area contributed by atoms with Gasteiger partial charge in [-0.15, -0.1) is 0 Å². The summed E-state index contributed by atoms with van der Waals surface area (Å²) in [4.78, 5) is 14.4. The minimum Gasteiger partial charge on any atom is -0.393 e. The molecule has 0 saturated carbocycles. The topological polar surface area (TPSA) is 49.8 Å². The van der Waals surface area contributed by atoms with Gasteiger partial charge in [0.1, 0.15) is 0 Å². The van der Waals surface area contributed by atoms with Gasteiger partial charge < -0.3 is 14.7 Å². The standard InChI is InChI=1S/C15H29NO3/c1-12(17)11-14-7-5-4-6-10-16(14)15(18)9-8-13(2)19-3/h12-14,17H,4-11H2,1-3H3. The molecule has 0 aliphatic carbocycles. The Labute approximate surface area is 117 Å². The van der Waals surface area contributed by atoms with Gasteiger partial charge in [0, 0.05) is 26.1 Å². The average Bonchev–Trinajstić information content (AvgIpc) is 2.60. The quantitative estimate of drug-likeness (QED) is 0.806. The Morgan fingerprint density at radius 1 is 1.37 bits per heavy atom. The van der Waals surface area contributed by atoms with Crippen LogP contribution in [0.15, 0.2) is 0 Å². The van der Waals surface area contributed by atoms with Crippen LogP contribution in [0, 0.1) is 0 Å². The van der Waals surface area contributed by atoms with Gasteiger partial charge in [-0.05, 0) is 39.5 Å². The first-order valence-corrected chi connectivity index (χ1v) is 7.55. The molecule has 4 nitrogen and oxygen atoms in total. The lowest BCUT2D eigenvalue weighted by atomic mass is 10.0. The molecule has 1 saturated heterocycles. The largest absolute Gasteiger partial charge is 0.393 e. The summed E-state index contributed by atoms with van der Waals surface area (Å²) < 4.78 is 5.19. The molecule has 3 atom stereocenters. The number of aliphatic hydroxyl groups is 1. The van der Waals surface area contributed by atoms with Gasteiger partial charge in [0.05, 0.1) is 12.2 Å². The Balaban J connectivity index is 2.55. The number of carbonyl (C=O) groups excluding carboxylic acids is 1. The lowest BCUT2D eigenvalue weighted by molar-refractivity contribution is -0.134. The molecule has 0 aromatic heterocycles. The molecule has 4 heteroatoms. The van der Waals surface area contributed by atoms with Gasteiger partial charge in [-0.3, -0.25) is 4.79 Å². The zero-order valence-corrected chi connectivity index (χ0v) is 12.6. The van der Waals surface area contributed by atoms with Crippen molar-refractivity contribution in [1.82, 2.24) is 4.90 Å². The SMILES string of the molecule is COC(C)CCC(=O)N1CCCCCC1CC(C)O. The summed E-state index contributed by atoms with van der Waals surface area (Å²) in [6.45, 7) is 4.64. The first kappa shape index (κ1) is 16.4. The number of amides is 1. The molecule has 0 aromatic rings. The second-order valence-electron chi connectivity index (χ2n) is 5.76. The fourth-order valence-corrected chi connectivity index (χ4v) is 2.73. The molecule has 1 aliphatic rings. The monoisotopic (exact) mass is 271 g/mol. The van der Waals surface area contributed by atoms with Crippen LogP contribution in [0.4, 0.5) is 0 Å². The minimum atomic E-state index is -0.337. The van der Waals surface area contributed by atoms with Gasteiger partial charge in [0.15, 0.2) is 0 Å². The molecule has 19 heavy (non-hydrogen) atoms. The Bertz CT molecular complexity index is 268. The van der Waals surface area contributed by atoms with Gasteiger partial charge in [0.25, 0.3) is 0 Å². The Morgan fingerprint density at radius 2 is 2.11 bits per heavy atom. The van der Waals surface area contributed by atoms with E-state index in [1.165, 1.54) is 6.42 Å². The van der Waals surface area contributed by atoms with Crippen molar-refractivity contribution >= 4 is 5.91 Å². The van der Waals surface area contributed by atoms with Crippen molar-refractivity contribution in [3.63, 3.8) is 0 Å². The van der Waals surface area contributed by atoms with Crippen LogP contribution < -0.4 is 0 Å². The summed E-state index contributed by atoms with van der Waals surface area (Å²) in [7, 11) is 1.68. The zero-order valence-electron chi connectivity index (χ0n) is 12.6. The van der Waals surface area contributed by atoms with Gasteiger partial charge in [0.2, 0.25) is 5.91 Å². The van der Waals surface area contributed by atoms with Crippen LogP contribution >= 0.6 is 0 Å². The molecule has 0 aromatic carbocycles. The minimum absolute atomic E-state index is 0.131. The molecule has 0 spiro atoms. The molecular formula is C15H29NO3. The smallest absolute Gasteiger partial charge is 0.222 e. The van der Waals surface area contributed by atoms with E-state index in [1.54, 1.807) is 14.0 Å². The van der Waals surface area contributed by atoms with Crippen LogP contribution in [0.1, 0.15) is 58.8 Å². The van der Waals surface area contributed by atoms with E-state index in [1.807, 2.05) is 11.8 Å². The third-order valence-electron chi connectivity index (χ3n) is 3.98. The molecule has 1 rings (SSSR count). The maximum Gasteiger partial charge on any atom is 0.222 e. The van der Waals surface area contributed by atoms with E-state index >= 15 is 0 Å². The van der Waals surface area contributed by atoms with E-state index in [4.69, 9.17) is 4.74 Å². The Kier molecular flexibility index (Phi) is 7.39. The summed E-state index contributed by atoms with van der Waals surface area (Å²) in [5.41, 5.74) is 0. The van der Waals surface area contributed by atoms with Crippen molar-refractivity contribution < 1.29 is 14.6 Å². The molecule has 1 aliphatic heterocycles. The highest BCUT2D eigenvalue weighted by Gasteiger charge is 2.26. The summed E-state index contributed by atoms with van der Waals surface area (Å²) in [6, 6.07) is 0.216. The van der Waals surface area contributed by atoms with Crippen molar-refractivity contribution in [2.45, 2.75) is 77.0 Å². The number of methoxy groups -OCH3 is 1. The second kappa shape index (κ2) is 8.54. The van der Waals surface area contributed by atoms with Crippen molar-refractivity contribution in [3.8, 4) is 0 Å². The first-order chi connectivity index (χ1) is 9.04. The number of ether oxygens (including phenoxy) is 1. The van der Waals surface area contributed by atoms with Gasteiger partial charge in [-0.1, -0.05) is 12.8 Å². The van der Waals surface area contributed by atoms with Crippen LogP contribution in [-0.2, 0) is 9.53 Å². The van der Waals surface area contributed by atoms with Crippen LogP contribution in [0.25, 0.3) is 0 Å². The zero-order chi connectivity index (χ0) is 14.3. The van der Waals surface area contributed by atoms with Crippen LogP contribution in [0.3, 0.4) is 0 Å². The highest BCUT2D eigenvalue weighted by atomic mass is 16.5. The van der Waals surface area contributed by atoms with E-state index in [2.05, 4.69) is 0 Å². The lowest BCUT2D eigenvalue weighted by Crippen LogP contribution is -2.41. The molecule has 1 N–H and O–H groups in total. The predicted octanol–water partition coefficient (Wildman–Crippen LogP) is 2.34. The van der Waals surface area contributed by atoms with Crippen LogP contribution in [-0.4, -0.2) is 47.8 Å². The van der Waals surface area contributed by atoms with E-state index in [0.29, 0.717) is 12.8 Å². The molecule has 1 amide bonds. The second-order valence-corrected chi connectivity index (χ2v) is 5.76. The molecule has 1 heterocycles. The third kappa shape index (κ3) is 5.91. The summed E-state index contributed by atoms with van der Waals surface area (Å²) in [6.07, 6.45) is 6.27. The molecule has 0 radical (unpaired) electrons. The number of hydrogen-bond donors (Lipinski definition) is 1. The molecule has 1 fully saturated rings. The van der Waals surface area contributed by atoms with Crippen LogP contribution in [0.5, 0.6) is 0 Å². The number of nitrogens with zero attached hydrogens (tertiary/aromatic N) is 1. The number of aliphatic hydroxyl groups excluding tert-OH is 1. The van der Waals surface area contributed by atoms with Crippen molar-refractivity contribution in [2.75, 3.05) is 13.7 Å². The Morgan fingerprint density at radius 3 is 2.74 bits per heavy atom. The highest BCUT2D eigenvalue weighted by molar-refractivity contribution is 5.76. The normalized spacial score (nSPS) is 23.8. The number of carbonyl (C=O) groups is 1. The number of hydrogen-bond acceptors (Lipinski definition) is 3. The third-order valence-corrected chi connectivity index (χ3v) is 3.98. The molecule has 3 unspecified atom stereocenters. The van der Waals surface area contributed by atoms with E-state index in [-0.39, 0.29) is 24.2 Å². The van der Waals surface area contributed by atoms with E-state index in [0.717, 1.165) is 32.2 Å². The summed E-state index contributed by atoms with van der Waals surface area (Å²) in [5, 5.41) is 9.59. The first-order valence-electron chi connectivity index (χ1n) is 7.55. The highest BCUT2D eigenvalue weighted by Crippen LogP contribution is 2.22. The number of rotatable bonds is 6. The average molecular weight is 271 g/mol. The van der Waals surface area contributed by atoms with E-state index < -0.39 is 0 Å². The van der Waals surface area contributed by atoms with Crippen molar-refractivity contribution in [2.24, 2.45) is 0 Å². The maximum absolute atomic E-state index is 12.4. The number of likely N-dealkylation sites (tertiary alicyclic amines) is 1. The van der Waals surface area contributed by atoms with E-state index in [9.17, 15) is 9.90 Å². The summed E-state index contributed by atoms with van der Waals surface area (Å²) in [5.74, 6) is 0.219. The Hall–Kier alpha value is -0.610. The van der Waals surface area contributed by atoms with Crippen LogP contribution in [0.2, 0.25) is 0 Å². The van der Waals surface area contributed by atoms with Crippen molar-refractivity contribution in [3.05, 3.63) is 0 Å². The lowest BCUT2D eigenvalue weighted by Gasteiger charge is -2.31. The predicted molar refractivity (Wildman–Crippen MR) is 76.0 cm³/mol. The molecule has 112 valence electrons. The molecule has 0 bridgehead atoms. The fourth-order valence-electron chi connectivity index (χ4n) is 2.73. The maximum atomic E-state index is 12.4. The van der Waals surface area contributed by atoms with Gasteiger partial charge >= 0.3 is 0 Å². The van der Waals surface area contributed by atoms with Gasteiger partial charge in [-0.25, -0.2) is 0 Å².